The molecule has 5 heteroatoms. The standard InChI is InChI=1S/C28H29N3O2/c1-2-17-30-27(33)28(16-10-19-31(21-28)26(32)25-15-8-9-18-29-25)20-23-13-6-7-14-24(23)22-11-4-3-5-12-22/h2-9,11-15,18H,1,10,16-17,19-21H2,(H,30,33)/t28-/m1/s1. The smallest absolute Gasteiger partial charge is 0.272 e. The molecule has 2 aromatic carbocycles. The van der Waals surface area contributed by atoms with Crippen LogP contribution in [-0.2, 0) is 11.2 Å². The van der Waals surface area contributed by atoms with Crippen molar-refractivity contribution in [2.75, 3.05) is 19.6 Å². The topological polar surface area (TPSA) is 62.3 Å². The highest BCUT2D eigenvalue weighted by molar-refractivity contribution is 5.93. The fourth-order valence-corrected chi connectivity index (χ4v) is 4.66. The number of pyridine rings is 1. The molecule has 168 valence electrons. The van der Waals surface area contributed by atoms with E-state index in [-0.39, 0.29) is 11.8 Å². The molecule has 1 aliphatic rings. The Labute approximate surface area is 195 Å². The van der Waals surface area contributed by atoms with Crippen molar-refractivity contribution >= 4 is 11.8 Å². The van der Waals surface area contributed by atoms with Crippen molar-refractivity contribution in [1.82, 2.24) is 15.2 Å². The molecule has 0 bridgehead atoms. The van der Waals surface area contributed by atoms with E-state index in [1.54, 1.807) is 29.3 Å². The summed E-state index contributed by atoms with van der Waals surface area (Å²) in [6, 6.07) is 23.8. The molecule has 2 amide bonds. The molecule has 5 nitrogen and oxygen atoms in total. The Bertz CT molecular complexity index is 1110. The van der Waals surface area contributed by atoms with Crippen LogP contribution in [0.5, 0.6) is 0 Å². The number of carbonyl (C=O) groups is 2. The average Bonchev–Trinajstić information content (AvgIpc) is 2.88. The predicted octanol–water partition coefficient (Wildman–Crippen LogP) is 4.52. The van der Waals surface area contributed by atoms with Gasteiger partial charge in [-0.15, -0.1) is 6.58 Å². The van der Waals surface area contributed by atoms with Crippen molar-refractivity contribution in [2.24, 2.45) is 5.41 Å². The van der Waals surface area contributed by atoms with Crippen molar-refractivity contribution in [3.8, 4) is 11.1 Å². The summed E-state index contributed by atoms with van der Waals surface area (Å²) in [5.74, 6) is -0.170. The normalized spacial score (nSPS) is 17.9. The van der Waals surface area contributed by atoms with Crippen LogP contribution >= 0.6 is 0 Å². The van der Waals surface area contributed by atoms with Gasteiger partial charge in [-0.2, -0.15) is 0 Å². The number of rotatable bonds is 7. The van der Waals surface area contributed by atoms with Crippen molar-refractivity contribution in [1.29, 1.82) is 0 Å². The highest BCUT2D eigenvalue weighted by Gasteiger charge is 2.44. The molecular weight excluding hydrogens is 410 g/mol. The zero-order valence-corrected chi connectivity index (χ0v) is 18.7. The second kappa shape index (κ2) is 10.3. The summed E-state index contributed by atoms with van der Waals surface area (Å²) in [6.07, 6.45) is 5.33. The zero-order chi connectivity index (χ0) is 23.1. The van der Waals surface area contributed by atoms with Gasteiger partial charge in [-0.1, -0.05) is 66.7 Å². The SMILES string of the molecule is C=CCNC(=O)[C@@]1(Cc2ccccc2-c2ccccc2)CCCN(C(=O)c2ccccn2)C1. The Kier molecular flexibility index (Phi) is 6.98. The second-order valence-electron chi connectivity index (χ2n) is 8.52. The summed E-state index contributed by atoms with van der Waals surface area (Å²) in [4.78, 5) is 32.7. The number of likely N-dealkylation sites (tertiary alicyclic amines) is 1. The highest BCUT2D eigenvalue weighted by atomic mass is 16.2. The summed E-state index contributed by atoms with van der Waals surface area (Å²) < 4.78 is 0. The number of hydrogen-bond donors (Lipinski definition) is 1. The van der Waals surface area contributed by atoms with E-state index in [4.69, 9.17) is 0 Å². The lowest BCUT2D eigenvalue weighted by Gasteiger charge is -2.42. The molecule has 2 heterocycles. The summed E-state index contributed by atoms with van der Waals surface area (Å²) in [5, 5.41) is 3.01. The van der Waals surface area contributed by atoms with E-state index in [0.29, 0.717) is 38.2 Å². The number of aromatic nitrogens is 1. The van der Waals surface area contributed by atoms with Crippen LogP contribution in [0.15, 0.2) is 91.6 Å². The van der Waals surface area contributed by atoms with Crippen LogP contribution in [0.1, 0.15) is 28.9 Å². The van der Waals surface area contributed by atoms with Crippen LogP contribution in [0.4, 0.5) is 0 Å². The van der Waals surface area contributed by atoms with Gasteiger partial charge in [0.25, 0.3) is 5.91 Å². The largest absolute Gasteiger partial charge is 0.352 e. The van der Waals surface area contributed by atoms with Gasteiger partial charge in [0.2, 0.25) is 5.91 Å². The number of hydrogen-bond acceptors (Lipinski definition) is 3. The van der Waals surface area contributed by atoms with Gasteiger partial charge in [-0.05, 0) is 48.1 Å². The van der Waals surface area contributed by atoms with E-state index in [2.05, 4.69) is 41.1 Å². The number of nitrogens with zero attached hydrogens (tertiary/aromatic N) is 2. The minimum Gasteiger partial charge on any atom is -0.352 e. The van der Waals surface area contributed by atoms with Crippen molar-refractivity contribution < 1.29 is 9.59 Å². The first-order chi connectivity index (χ1) is 16.1. The van der Waals surface area contributed by atoms with Gasteiger partial charge in [-0.25, -0.2) is 0 Å². The van der Waals surface area contributed by atoms with Gasteiger partial charge in [0.1, 0.15) is 5.69 Å². The monoisotopic (exact) mass is 439 g/mol. The third-order valence-corrected chi connectivity index (χ3v) is 6.27. The first kappa shape index (κ1) is 22.5. The van der Waals surface area contributed by atoms with Gasteiger partial charge in [-0.3, -0.25) is 14.6 Å². The maximum Gasteiger partial charge on any atom is 0.272 e. The molecule has 0 spiro atoms. The maximum atomic E-state index is 13.5. The van der Waals surface area contributed by atoms with Crippen LogP contribution in [0, 0.1) is 5.41 Å². The fourth-order valence-electron chi connectivity index (χ4n) is 4.66. The van der Waals surface area contributed by atoms with Crippen molar-refractivity contribution in [3.05, 3.63) is 103 Å². The lowest BCUT2D eigenvalue weighted by Crippen LogP contribution is -2.54. The van der Waals surface area contributed by atoms with E-state index in [9.17, 15) is 9.59 Å². The molecule has 33 heavy (non-hydrogen) atoms. The van der Waals surface area contributed by atoms with E-state index in [1.165, 1.54) is 0 Å². The van der Waals surface area contributed by atoms with E-state index in [1.807, 2.05) is 36.4 Å². The molecule has 1 aromatic heterocycles. The number of piperidine rings is 1. The fraction of sp³-hybridized carbons (Fsp3) is 0.250. The summed E-state index contributed by atoms with van der Waals surface area (Å²) >= 11 is 0. The maximum absolute atomic E-state index is 13.5. The van der Waals surface area contributed by atoms with Gasteiger partial charge < -0.3 is 10.2 Å². The molecule has 0 unspecified atom stereocenters. The molecule has 1 N–H and O–H groups in total. The van der Waals surface area contributed by atoms with Gasteiger partial charge in [0.05, 0.1) is 5.41 Å². The summed E-state index contributed by atoms with van der Waals surface area (Å²) in [7, 11) is 0. The Morgan fingerprint density at radius 1 is 1.03 bits per heavy atom. The number of amides is 2. The highest BCUT2D eigenvalue weighted by Crippen LogP contribution is 2.37. The molecular formula is C28H29N3O2. The van der Waals surface area contributed by atoms with Crippen LogP contribution < -0.4 is 5.32 Å². The molecule has 1 atom stereocenters. The average molecular weight is 440 g/mol. The van der Waals surface area contributed by atoms with Gasteiger partial charge in [0.15, 0.2) is 0 Å². The van der Waals surface area contributed by atoms with Crippen LogP contribution in [0.25, 0.3) is 11.1 Å². The van der Waals surface area contributed by atoms with Crippen molar-refractivity contribution in [2.45, 2.75) is 19.3 Å². The van der Waals surface area contributed by atoms with E-state index >= 15 is 0 Å². The predicted molar refractivity (Wildman–Crippen MR) is 131 cm³/mol. The Hall–Kier alpha value is -3.73. The first-order valence-corrected chi connectivity index (χ1v) is 11.4. The molecule has 1 fully saturated rings. The molecule has 3 aromatic rings. The first-order valence-electron chi connectivity index (χ1n) is 11.4. The van der Waals surface area contributed by atoms with Gasteiger partial charge >= 0.3 is 0 Å². The van der Waals surface area contributed by atoms with Crippen LogP contribution in [-0.4, -0.2) is 41.3 Å². The third-order valence-electron chi connectivity index (χ3n) is 6.27. The minimum absolute atomic E-state index is 0.0382. The molecule has 1 aliphatic heterocycles. The van der Waals surface area contributed by atoms with Crippen molar-refractivity contribution in [3.63, 3.8) is 0 Å². The lowest BCUT2D eigenvalue weighted by atomic mass is 9.73. The lowest BCUT2D eigenvalue weighted by molar-refractivity contribution is -0.133. The van der Waals surface area contributed by atoms with Gasteiger partial charge in [0, 0.05) is 25.8 Å². The minimum atomic E-state index is -0.726. The molecule has 0 aliphatic carbocycles. The number of nitrogens with one attached hydrogen (secondary N) is 1. The molecule has 0 saturated carbocycles. The number of carbonyl (C=O) groups excluding carboxylic acids is 2. The second-order valence-corrected chi connectivity index (χ2v) is 8.52. The summed E-state index contributed by atoms with van der Waals surface area (Å²) in [5.41, 5.74) is 3.01. The third kappa shape index (κ3) is 5.03. The Balaban J connectivity index is 1.68. The Morgan fingerprint density at radius 3 is 2.55 bits per heavy atom. The summed E-state index contributed by atoms with van der Waals surface area (Å²) in [6.45, 7) is 5.10. The molecule has 1 saturated heterocycles. The van der Waals surface area contributed by atoms with Crippen LogP contribution in [0.3, 0.4) is 0 Å². The molecule has 0 radical (unpaired) electrons. The van der Waals surface area contributed by atoms with E-state index < -0.39 is 5.41 Å². The number of benzene rings is 2. The zero-order valence-electron chi connectivity index (χ0n) is 18.7. The van der Waals surface area contributed by atoms with E-state index in [0.717, 1.165) is 23.1 Å². The molecule has 4 rings (SSSR count). The Morgan fingerprint density at radius 2 is 1.79 bits per heavy atom. The van der Waals surface area contributed by atoms with Crippen LogP contribution in [0.2, 0.25) is 0 Å². The quantitative estimate of drug-likeness (QED) is 0.551.